The third-order valence-corrected chi connectivity index (χ3v) is 5.25. The molecule has 0 spiro atoms. The lowest BCUT2D eigenvalue weighted by Crippen LogP contribution is -2.50. The third-order valence-electron chi connectivity index (χ3n) is 5.25. The fraction of sp³-hybridized carbons (Fsp3) is 0.500. The van der Waals surface area contributed by atoms with E-state index in [1.807, 2.05) is 30.0 Å². The Morgan fingerprint density at radius 1 is 1.28 bits per heavy atom. The molecule has 3 atom stereocenters. The van der Waals surface area contributed by atoms with Gasteiger partial charge in [0, 0.05) is 23.5 Å². The van der Waals surface area contributed by atoms with Gasteiger partial charge >= 0.3 is 6.09 Å². The van der Waals surface area contributed by atoms with Crippen LogP contribution < -0.4 is 10.9 Å². The van der Waals surface area contributed by atoms with Gasteiger partial charge in [0.25, 0.3) is 5.56 Å². The lowest BCUT2D eigenvalue weighted by Gasteiger charge is -2.38. The highest BCUT2D eigenvalue weighted by atomic mass is 16.6. The van der Waals surface area contributed by atoms with Crippen molar-refractivity contribution in [1.29, 1.82) is 0 Å². The molecule has 2 unspecified atom stereocenters. The lowest BCUT2D eigenvalue weighted by molar-refractivity contribution is 0.0711. The van der Waals surface area contributed by atoms with Crippen molar-refractivity contribution in [2.24, 2.45) is 0 Å². The minimum Gasteiger partial charge on any atom is -0.450 e. The van der Waals surface area contributed by atoms with E-state index in [1.54, 1.807) is 6.07 Å². The molecular formula is C18H22N4O3. The van der Waals surface area contributed by atoms with Crippen LogP contribution in [0.3, 0.4) is 0 Å². The summed E-state index contributed by atoms with van der Waals surface area (Å²) >= 11 is 0. The number of amides is 1. The van der Waals surface area contributed by atoms with Gasteiger partial charge in [0.05, 0.1) is 12.0 Å². The highest BCUT2D eigenvalue weighted by Crippen LogP contribution is 2.37. The maximum atomic E-state index is 12.2. The molecule has 2 aromatic rings. The lowest BCUT2D eigenvalue weighted by atomic mass is 9.97. The molecule has 0 saturated carbocycles. The number of hydrogen-bond donors (Lipinski definition) is 2. The summed E-state index contributed by atoms with van der Waals surface area (Å²) in [6, 6.07) is 8.11. The summed E-state index contributed by atoms with van der Waals surface area (Å²) in [6.45, 7) is 2.24. The molecule has 2 fully saturated rings. The number of anilines is 1. The van der Waals surface area contributed by atoms with E-state index in [0.29, 0.717) is 17.8 Å². The Hall–Kier alpha value is -2.57. The van der Waals surface area contributed by atoms with Crippen LogP contribution in [-0.2, 0) is 4.74 Å². The van der Waals surface area contributed by atoms with Gasteiger partial charge in [0.2, 0.25) is 0 Å². The van der Waals surface area contributed by atoms with Crippen molar-refractivity contribution in [3.05, 3.63) is 34.6 Å². The molecular weight excluding hydrogens is 320 g/mol. The standard InChI is InChI=1S/C18H22N4O3/c1-2-25-18(24)22-12-7-8-13(22)10-11(9-12)19-16-14-5-3-4-6-15(14)17(23)21-20-16/h3-6,11-13H,2,7-10H2,1H3,(H,19,20)(H,21,23)/t11?,12-,13?/m1/s1. The Balaban J connectivity index is 1.54. The summed E-state index contributed by atoms with van der Waals surface area (Å²) in [5.41, 5.74) is -0.182. The van der Waals surface area contributed by atoms with E-state index in [2.05, 4.69) is 15.5 Å². The van der Waals surface area contributed by atoms with E-state index >= 15 is 0 Å². The van der Waals surface area contributed by atoms with Crippen molar-refractivity contribution in [3.8, 4) is 0 Å². The molecule has 1 aromatic heterocycles. The summed E-state index contributed by atoms with van der Waals surface area (Å²) in [7, 11) is 0. The molecule has 2 aliphatic rings. The molecule has 25 heavy (non-hydrogen) atoms. The minimum atomic E-state index is -0.193. The first kappa shape index (κ1) is 15.9. The van der Waals surface area contributed by atoms with Crippen LogP contribution in [0.5, 0.6) is 0 Å². The van der Waals surface area contributed by atoms with E-state index in [9.17, 15) is 9.59 Å². The van der Waals surface area contributed by atoms with Crippen molar-refractivity contribution in [1.82, 2.24) is 15.1 Å². The normalized spacial score (nSPS) is 25.2. The first-order valence-electron chi connectivity index (χ1n) is 8.86. The third kappa shape index (κ3) is 2.83. The molecule has 2 saturated heterocycles. The van der Waals surface area contributed by atoms with Gasteiger partial charge in [0.1, 0.15) is 0 Å². The number of nitrogens with zero attached hydrogens (tertiary/aromatic N) is 2. The fourth-order valence-corrected chi connectivity index (χ4v) is 4.21. The van der Waals surface area contributed by atoms with Gasteiger partial charge in [-0.1, -0.05) is 18.2 Å². The molecule has 0 radical (unpaired) electrons. The number of carbonyl (C=O) groups excluding carboxylic acids is 1. The summed E-state index contributed by atoms with van der Waals surface area (Å²) in [5.74, 6) is 0.698. The van der Waals surface area contributed by atoms with Gasteiger partial charge in [0.15, 0.2) is 5.82 Å². The molecule has 7 nitrogen and oxygen atoms in total. The van der Waals surface area contributed by atoms with Crippen LogP contribution >= 0.6 is 0 Å². The number of benzene rings is 1. The van der Waals surface area contributed by atoms with E-state index in [-0.39, 0.29) is 29.8 Å². The number of hydrogen-bond acceptors (Lipinski definition) is 5. The summed E-state index contributed by atoms with van der Waals surface area (Å²) in [5, 5.41) is 11.7. The zero-order valence-corrected chi connectivity index (χ0v) is 14.2. The second kappa shape index (κ2) is 6.38. The number of aromatic nitrogens is 2. The van der Waals surface area contributed by atoms with E-state index < -0.39 is 0 Å². The molecule has 1 aromatic carbocycles. The fourth-order valence-electron chi connectivity index (χ4n) is 4.21. The molecule has 1 amide bonds. The largest absolute Gasteiger partial charge is 0.450 e. The van der Waals surface area contributed by atoms with Gasteiger partial charge in [-0.2, -0.15) is 5.10 Å². The maximum absolute atomic E-state index is 12.2. The first-order valence-corrected chi connectivity index (χ1v) is 8.86. The minimum absolute atomic E-state index is 0.182. The van der Waals surface area contributed by atoms with Crippen LogP contribution in [0.15, 0.2) is 29.1 Å². The second-order valence-electron chi connectivity index (χ2n) is 6.75. The van der Waals surface area contributed by atoms with Crippen molar-refractivity contribution in [2.45, 2.75) is 50.7 Å². The number of ether oxygens (including phenoxy) is 1. The van der Waals surface area contributed by atoms with Crippen LogP contribution in [0.4, 0.5) is 10.6 Å². The van der Waals surface area contributed by atoms with Crippen LogP contribution in [0.25, 0.3) is 10.8 Å². The Kier molecular flexibility index (Phi) is 4.07. The van der Waals surface area contributed by atoms with Crippen molar-refractivity contribution in [3.63, 3.8) is 0 Å². The van der Waals surface area contributed by atoms with Gasteiger partial charge in [-0.15, -0.1) is 0 Å². The molecule has 132 valence electrons. The van der Waals surface area contributed by atoms with Gasteiger partial charge in [-0.3, -0.25) is 4.79 Å². The second-order valence-corrected chi connectivity index (χ2v) is 6.75. The molecule has 7 heteroatoms. The van der Waals surface area contributed by atoms with E-state index in [1.165, 1.54) is 0 Å². The zero-order chi connectivity index (χ0) is 17.4. The van der Waals surface area contributed by atoms with Gasteiger partial charge in [-0.25, -0.2) is 9.89 Å². The zero-order valence-electron chi connectivity index (χ0n) is 14.2. The highest BCUT2D eigenvalue weighted by Gasteiger charge is 2.44. The number of rotatable bonds is 3. The summed E-state index contributed by atoms with van der Waals surface area (Å²) < 4.78 is 5.20. The SMILES string of the molecule is CCOC(=O)N1C2CC[C@@H]1CC(Nc1n[nH]c(=O)c3ccccc13)C2. The first-order chi connectivity index (χ1) is 12.2. The van der Waals surface area contributed by atoms with Crippen LogP contribution in [0.2, 0.25) is 0 Å². The van der Waals surface area contributed by atoms with Gasteiger partial charge in [-0.05, 0) is 38.7 Å². The molecule has 0 aliphatic carbocycles. The highest BCUT2D eigenvalue weighted by molar-refractivity contribution is 5.90. The van der Waals surface area contributed by atoms with Crippen molar-refractivity contribution in [2.75, 3.05) is 11.9 Å². The molecule has 2 bridgehead atoms. The Labute approximate surface area is 145 Å². The Morgan fingerprint density at radius 3 is 2.64 bits per heavy atom. The monoisotopic (exact) mass is 342 g/mol. The molecule has 2 aliphatic heterocycles. The van der Waals surface area contributed by atoms with Crippen LogP contribution in [0.1, 0.15) is 32.6 Å². The molecule has 4 rings (SSSR count). The predicted molar refractivity (Wildman–Crippen MR) is 94.7 cm³/mol. The number of carbonyl (C=O) groups is 1. The molecule has 3 heterocycles. The van der Waals surface area contributed by atoms with Crippen molar-refractivity contribution < 1.29 is 9.53 Å². The van der Waals surface area contributed by atoms with E-state index in [4.69, 9.17) is 4.74 Å². The number of aromatic amines is 1. The average molecular weight is 342 g/mol. The van der Waals surface area contributed by atoms with E-state index in [0.717, 1.165) is 31.1 Å². The number of nitrogens with one attached hydrogen (secondary N) is 2. The van der Waals surface area contributed by atoms with Crippen LogP contribution in [0, 0.1) is 0 Å². The predicted octanol–water partition coefficient (Wildman–Crippen LogP) is 2.49. The number of fused-ring (bicyclic) bond motifs is 3. The number of piperidine rings is 1. The van der Waals surface area contributed by atoms with Crippen LogP contribution in [-0.4, -0.2) is 45.9 Å². The Morgan fingerprint density at radius 2 is 1.96 bits per heavy atom. The van der Waals surface area contributed by atoms with Crippen molar-refractivity contribution >= 4 is 22.7 Å². The smallest absolute Gasteiger partial charge is 0.410 e. The maximum Gasteiger partial charge on any atom is 0.410 e. The number of H-pyrrole nitrogens is 1. The topological polar surface area (TPSA) is 87.3 Å². The van der Waals surface area contributed by atoms with Gasteiger partial charge < -0.3 is 15.0 Å². The summed E-state index contributed by atoms with van der Waals surface area (Å²) in [6.07, 6.45) is 3.57. The molecule has 2 N–H and O–H groups in total. The summed E-state index contributed by atoms with van der Waals surface area (Å²) in [4.78, 5) is 26.0. The average Bonchev–Trinajstić information content (AvgIpc) is 2.89. The quantitative estimate of drug-likeness (QED) is 0.895. The Bertz CT molecular complexity index is 836.